The Morgan fingerprint density at radius 3 is 1.22 bits per heavy atom. The Labute approximate surface area is 102 Å². The molecule has 2 fully saturated rings. The van der Waals surface area contributed by atoms with E-state index in [1.165, 1.54) is 12.8 Å². The summed E-state index contributed by atoms with van der Waals surface area (Å²) in [4.78, 5) is 0. The first-order valence-corrected chi connectivity index (χ1v) is 6.57. The fourth-order valence-corrected chi connectivity index (χ4v) is 4.48. The molecule has 8 heteroatoms. The summed E-state index contributed by atoms with van der Waals surface area (Å²) in [6.07, 6.45) is 4.68. The molecule has 0 saturated heterocycles. The van der Waals surface area contributed by atoms with Gasteiger partial charge in [-0.05, 0) is 12.8 Å². The van der Waals surface area contributed by atoms with Gasteiger partial charge < -0.3 is 0 Å². The van der Waals surface area contributed by atoms with Gasteiger partial charge in [-0.2, -0.15) is 20.5 Å². The predicted octanol–water partition coefficient (Wildman–Crippen LogP) is 2.45. The Balaban J connectivity index is 1.57. The maximum absolute atomic E-state index is 4.36. The van der Waals surface area contributed by atoms with E-state index in [1.54, 1.807) is 0 Å². The van der Waals surface area contributed by atoms with Gasteiger partial charge in [0.25, 0.3) is 11.3 Å². The van der Waals surface area contributed by atoms with E-state index in [0.717, 1.165) is 12.8 Å². The average molecular weight is 242 g/mol. The molecule has 0 N–H and O–H groups in total. The quantitative estimate of drug-likeness (QED) is 0.623. The van der Waals surface area contributed by atoms with Crippen molar-refractivity contribution < 1.29 is 0 Å². The normalized spacial score (nSPS) is 45.8. The van der Waals surface area contributed by atoms with Gasteiger partial charge in [-0.1, -0.05) is 12.8 Å². The largest absolute Gasteiger partial charge is 0.291 e. The lowest BCUT2D eigenvalue weighted by atomic mass is 9.56. The van der Waals surface area contributed by atoms with Crippen LogP contribution < -0.4 is 0 Å². The smallest absolute Gasteiger partial charge is 0.153 e. The molecular formula is C10H10N8. The first kappa shape index (κ1) is 8.49. The molecule has 0 aromatic heterocycles. The van der Waals surface area contributed by atoms with Crippen LogP contribution in [0.25, 0.3) is 0 Å². The molecule has 8 nitrogen and oxygen atoms in total. The van der Waals surface area contributed by atoms with Gasteiger partial charge in [0.05, 0.1) is 0 Å². The van der Waals surface area contributed by atoms with Crippen molar-refractivity contribution in [2.45, 2.75) is 48.3 Å². The molecule has 2 aliphatic carbocycles. The Morgan fingerprint density at radius 2 is 0.944 bits per heavy atom. The highest BCUT2D eigenvalue weighted by molar-refractivity contribution is 5.44. The highest BCUT2D eigenvalue weighted by Crippen LogP contribution is 2.78. The van der Waals surface area contributed by atoms with Crippen LogP contribution in [0.5, 0.6) is 0 Å². The maximum atomic E-state index is 4.36. The summed E-state index contributed by atoms with van der Waals surface area (Å²) < 4.78 is 0. The molecule has 0 aromatic rings. The van der Waals surface area contributed by atoms with Crippen LogP contribution in [0, 0.1) is 11.8 Å². The average Bonchev–Trinajstić information content (AvgIpc) is 3.22. The second kappa shape index (κ2) is 1.96. The molecule has 0 aromatic carbocycles. The minimum absolute atomic E-state index is 0.368. The fraction of sp³-hybridized carbons (Fsp3) is 1.00. The summed E-state index contributed by atoms with van der Waals surface area (Å²) in [7, 11) is 0. The highest BCUT2D eigenvalue weighted by Gasteiger charge is 2.96. The Bertz CT molecular complexity index is 537. The summed E-state index contributed by atoms with van der Waals surface area (Å²) in [5.41, 5.74) is -2.30. The van der Waals surface area contributed by atoms with E-state index in [1.807, 2.05) is 0 Å². The highest BCUT2D eigenvalue weighted by atomic mass is 15.7. The molecule has 2 atom stereocenters. The Kier molecular flexibility index (Phi) is 0.923. The first-order valence-electron chi connectivity index (χ1n) is 6.57. The zero-order valence-electron chi connectivity index (χ0n) is 9.56. The summed E-state index contributed by atoms with van der Waals surface area (Å²) >= 11 is 0. The van der Waals surface area contributed by atoms with Gasteiger partial charge in [0.2, 0.25) is 11.3 Å². The van der Waals surface area contributed by atoms with Crippen molar-refractivity contribution in [2.75, 3.05) is 0 Å². The second-order valence-electron chi connectivity index (χ2n) is 6.09. The van der Waals surface area contributed by atoms with E-state index in [4.69, 9.17) is 0 Å². The molecule has 4 heterocycles. The zero-order valence-corrected chi connectivity index (χ0v) is 9.56. The van der Waals surface area contributed by atoms with Gasteiger partial charge in [-0.15, -0.1) is 20.5 Å². The van der Waals surface area contributed by atoms with Gasteiger partial charge in [-0.3, -0.25) is 0 Å². The molecule has 4 aliphatic heterocycles. The maximum Gasteiger partial charge on any atom is 0.291 e. The molecular weight excluding hydrogens is 232 g/mol. The van der Waals surface area contributed by atoms with Crippen LogP contribution in [0.15, 0.2) is 40.9 Å². The summed E-state index contributed by atoms with van der Waals surface area (Å²) in [5, 5.41) is 34.5. The van der Waals surface area contributed by atoms with Crippen LogP contribution in [0.4, 0.5) is 0 Å². The molecule has 6 aliphatic rings. The van der Waals surface area contributed by atoms with Gasteiger partial charge >= 0.3 is 0 Å². The van der Waals surface area contributed by atoms with Crippen molar-refractivity contribution >= 4 is 0 Å². The number of nitrogens with zero attached hydrogens (tertiary/aromatic N) is 8. The molecule has 2 saturated carbocycles. The third-order valence-electron chi connectivity index (χ3n) is 5.54. The zero-order chi connectivity index (χ0) is 11.6. The third kappa shape index (κ3) is 0.553. The van der Waals surface area contributed by atoms with Crippen molar-refractivity contribution in [3.63, 3.8) is 0 Å². The van der Waals surface area contributed by atoms with E-state index in [0.29, 0.717) is 11.8 Å². The number of rotatable bonds is 0. The van der Waals surface area contributed by atoms with E-state index in [2.05, 4.69) is 40.9 Å². The summed E-state index contributed by atoms with van der Waals surface area (Å²) in [6, 6.07) is 0. The molecule has 0 amide bonds. The van der Waals surface area contributed by atoms with Crippen LogP contribution in [-0.2, 0) is 0 Å². The minimum atomic E-state index is -0.679. The lowest BCUT2D eigenvalue weighted by Crippen LogP contribution is -2.67. The van der Waals surface area contributed by atoms with E-state index < -0.39 is 22.7 Å². The molecule has 0 radical (unpaired) electrons. The molecule has 2 unspecified atom stereocenters. The van der Waals surface area contributed by atoms with Crippen LogP contribution in [0.2, 0.25) is 0 Å². The van der Waals surface area contributed by atoms with Crippen molar-refractivity contribution in [2.24, 2.45) is 52.7 Å². The molecule has 18 heavy (non-hydrogen) atoms. The third-order valence-corrected chi connectivity index (χ3v) is 5.54. The monoisotopic (exact) mass is 242 g/mol. The fourth-order valence-electron chi connectivity index (χ4n) is 4.48. The second-order valence-corrected chi connectivity index (χ2v) is 6.09. The van der Waals surface area contributed by atoms with Gasteiger partial charge in [-0.25, -0.2) is 0 Å². The lowest BCUT2D eigenvalue weighted by molar-refractivity contribution is 0.0146. The first-order chi connectivity index (χ1) is 8.81. The molecule has 0 bridgehead atoms. The Hall–Kier alpha value is -1.60. The van der Waals surface area contributed by atoms with Crippen LogP contribution in [0.3, 0.4) is 0 Å². The van der Waals surface area contributed by atoms with Crippen LogP contribution in [0.1, 0.15) is 25.7 Å². The standard InChI is InChI=1S/C10H10N8/c1-2-4-6-5(3-1)7(11-12-7)9(15-16-9)10(17-18-10)8(6)13-14-8/h5-6H,1-4H2. The molecule has 4 spiro atoms. The van der Waals surface area contributed by atoms with E-state index >= 15 is 0 Å². The number of hydrogen-bond acceptors (Lipinski definition) is 8. The van der Waals surface area contributed by atoms with E-state index in [9.17, 15) is 0 Å². The predicted molar refractivity (Wildman–Crippen MR) is 55.8 cm³/mol. The Morgan fingerprint density at radius 1 is 0.556 bits per heavy atom. The number of fused-ring (bicyclic) bond motifs is 6. The van der Waals surface area contributed by atoms with Crippen molar-refractivity contribution in [1.29, 1.82) is 0 Å². The van der Waals surface area contributed by atoms with Gasteiger partial charge in [0, 0.05) is 11.8 Å². The molecule has 6 rings (SSSR count). The SMILES string of the molecule is C1CCC2C(C1)C1(N=N1)C1(N=N1)C1(N=N1)C21N=N1. The topological polar surface area (TPSA) is 98.9 Å². The molecule has 90 valence electrons. The lowest BCUT2D eigenvalue weighted by Gasteiger charge is -2.46. The van der Waals surface area contributed by atoms with Crippen molar-refractivity contribution in [3.8, 4) is 0 Å². The number of hydrogen-bond donors (Lipinski definition) is 0. The summed E-state index contributed by atoms with van der Waals surface area (Å²) in [6.45, 7) is 0. The van der Waals surface area contributed by atoms with Gasteiger partial charge in [0.1, 0.15) is 0 Å². The van der Waals surface area contributed by atoms with Crippen molar-refractivity contribution in [3.05, 3.63) is 0 Å². The van der Waals surface area contributed by atoms with Crippen LogP contribution >= 0.6 is 0 Å². The van der Waals surface area contributed by atoms with E-state index in [-0.39, 0.29) is 0 Å². The van der Waals surface area contributed by atoms with Gasteiger partial charge in [0.15, 0.2) is 0 Å². The minimum Gasteiger partial charge on any atom is -0.153 e. The summed E-state index contributed by atoms with van der Waals surface area (Å²) in [5.74, 6) is 0.737. The van der Waals surface area contributed by atoms with Crippen molar-refractivity contribution in [1.82, 2.24) is 0 Å². The van der Waals surface area contributed by atoms with Crippen LogP contribution in [-0.4, -0.2) is 22.7 Å².